The molecule has 1 N–H and O–H groups in total. The van der Waals surface area contributed by atoms with Gasteiger partial charge in [0.05, 0.1) is 22.0 Å². The maximum Gasteiger partial charge on any atom is 0.291 e. The maximum atomic E-state index is 11.7. The molecule has 1 atom stereocenters. The molecule has 2 fully saturated rings. The summed E-state index contributed by atoms with van der Waals surface area (Å²) in [6, 6.07) is 16.1. The average Bonchev–Trinajstić information content (AvgIpc) is 3.45. The minimum Gasteiger partial charge on any atom is -0.491 e. The van der Waals surface area contributed by atoms with Crippen LogP contribution in [0.5, 0.6) is 5.75 Å². The Morgan fingerprint density at radius 3 is 2.77 bits per heavy atom. The quantitative estimate of drug-likeness (QED) is 0.585. The number of nitrogens with zero attached hydrogens (tertiary/aromatic N) is 2. The third kappa shape index (κ3) is 3.93. The summed E-state index contributed by atoms with van der Waals surface area (Å²) in [4.78, 5) is 30.1. The highest BCUT2D eigenvalue weighted by Gasteiger charge is 2.28. The van der Waals surface area contributed by atoms with Crippen LogP contribution in [-0.4, -0.2) is 34.5 Å². The summed E-state index contributed by atoms with van der Waals surface area (Å²) < 4.78 is 7.26. The summed E-state index contributed by atoms with van der Waals surface area (Å²) in [6.45, 7) is 1.60. The Balaban J connectivity index is 1.23. The lowest BCUT2D eigenvalue weighted by Gasteiger charge is -2.24. The van der Waals surface area contributed by atoms with E-state index in [4.69, 9.17) is 9.72 Å². The molecule has 2 aromatic carbocycles. The molecule has 152 valence electrons. The van der Waals surface area contributed by atoms with Gasteiger partial charge in [-0.1, -0.05) is 35.6 Å². The zero-order valence-corrected chi connectivity index (χ0v) is 17.7. The molecule has 0 aliphatic carbocycles. The average molecular weight is 438 g/mol. The smallest absolute Gasteiger partial charge is 0.291 e. The van der Waals surface area contributed by atoms with Crippen molar-refractivity contribution >= 4 is 54.9 Å². The van der Waals surface area contributed by atoms with Crippen molar-refractivity contribution in [3.63, 3.8) is 0 Å². The second kappa shape index (κ2) is 8.12. The normalized spacial score (nSPS) is 20.3. The van der Waals surface area contributed by atoms with Gasteiger partial charge in [0.25, 0.3) is 5.24 Å². The molecule has 30 heavy (non-hydrogen) atoms. The standard InChI is InChI=1S/C22H19N3O3S2/c26-20-18(24-22(27)30-20)12-14-7-9-16(10-8-14)28-13-15-4-3-11-25(15)21-23-17-5-1-2-6-19(17)29-21/h1-2,5-10,12,15H,3-4,11,13H2,(H,24,27)/t15-/m0/s1. The van der Waals surface area contributed by atoms with Gasteiger partial charge in [0.1, 0.15) is 12.4 Å². The predicted octanol–water partition coefficient (Wildman–Crippen LogP) is 4.67. The van der Waals surface area contributed by atoms with Gasteiger partial charge in [0, 0.05) is 18.3 Å². The van der Waals surface area contributed by atoms with Gasteiger partial charge in [-0.2, -0.15) is 0 Å². The summed E-state index contributed by atoms with van der Waals surface area (Å²) in [5.74, 6) is 0.782. The number of carbonyl (C=O) groups is 2. The van der Waals surface area contributed by atoms with Crippen LogP contribution in [0.2, 0.25) is 0 Å². The Hall–Kier alpha value is -2.84. The number of para-hydroxylation sites is 1. The Bertz CT molecular complexity index is 1110. The van der Waals surface area contributed by atoms with Crippen LogP contribution in [0.1, 0.15) is 18.4 Å². The van der Waals surface area contributed by atoms with Gasteiger partial charge in [-0.05, 0) is 48.7 Å². The molecule has 2 aliphatic rings. The number of hydrogen-bond donors (Lipinski definition) is 1. The monoisotopic (exact) mass is 437 g/mol. The fraction of sp³-hybridized carbons (Fsp3) is 0.227. The molecule has 2 saturated heterocycles. The molecular formula is C22H19N3O3S2. The number of ether oxygens (including phenoxy) is 1. The van der Waals surface area contributed by atoms with E-state index in [0.29, 0.717) is 30.1 Å². The molecule has 1 aromatic heterocycles. The van der Waals surface area contributed by atoms with E-state index in [1.165, 1.54) is 4.70 Å². The van der Waals surface area contributed by atoms with Crippen LogP contribution in [0.15, 0.2) is 54.2 Å². The van der Waals surface area contributed by atoms with Crippen LogP contribution in [0, 0.1) is 0 Å². The second-order valence-corrected chi connectivity index (χ2v) is 9.15. The zero-order chi connectivity index (χ0) is 20.5. The first-order valence-corrected chi connectivity index (χ1v) is 11.4. The summed E-state index contributed by atoms with van der Waals surface area (Å²) in [5.41, 5.74) is 2.20. The van der Waals surface area contributed by atoms with Gasteiger partial charge in [-0.3, -0.25) is 9.59 Å². The van der Waals surface area contributed by atoms with Crippen molar-refractivity contribution in [1.82, 2.24) is 10.3 Å². The van der Waals surface area contributed by atoms with E-state index in [1.807, 2.05) is 36.4 Å². The van der Waals surface area contributed by atoms with Gasteiger partial charge in [-0.15, -0.1) is 0 Å². The van der Waals surface area contributed by atoms with Crippen molar-refractivity contribution in [2.45, 2.75) is 18.9 Å². The SMILES string of the molecule is O=C1NC(=Cc2ccc(OC[C@@H]3CCCN3c3nc4ccccc4s3)cc2)C(=O)S1. The largest absolute Gasteiger partial charge is 0.491 e. The van der Waals surface area contributed by atoms with Gasteiger partial charge >= 0.3 is 0 Å². The first-order chi connectivity index (χ1) is 14.7. The van der Waals surface area contributed by atoms with Gasteiger partial charge < -0.3 is 15.0 Å². The predicted molar refractivity (Wildman–Crippen MR) is 121 cm³/mol. The van der Waals surface area contributed by atoms with E-state index in [-0.39, 0.29) is 10.4 Å². The number of fused-ring (bicyclic) bond motifs is 1. The summed E-state index contributed by atoms with van der Waals surface area (Å²) in [5, 5.41) is 3.03. The number of aromatic nitrogens is 1. The summed E-state index contributed by atoms with van der Waals surface area (Å²) >= 11 is 2.41. The van der Waals surface area contributed by atoms with E-state index in [1.54, 1.807) is 17.4 Å². The number of thioether (sulfide) groups is 1. The van der Waals surface area contributed by atoms with E-state index < -0.39 is 0 Å². The second-order valence-electron chi connectivity index (χ2n) is 7.19. The summed E-state index contributed by atoms with van der Waals surface area (Å²) in [6.07, 6.45) is 3.89. The highest BCUT2D eigenvalue weighted by Crippen LogP contribution is 2.33. The number of nitrogens with one attached hydrogen (secondary N) is 1. The summed E-state index contributed by atoms with van der Waals surface area (Å²) in [7, 11) is 0. The van der Waals surface area contributed by atoms with Crippen molar-refractivity contribution in [1.29, 1.82) is 0 Å². The highest BCUT2D eigenvalue weighted by molar-refractivity contribution is 8.27. The molecule has 0 radical (unpaired) electrons. The molecule has 3 heterocycles. The Morgan fingerprint density at radius 2 is 2.00 bits per heavy atom. The molecule has 2 aliphatic heterocycles. The van der Waals surface area contributed by atoms with Crippen LogP contribution in [0.25, 0.3) is 16.3 Å². The third-order valence-corrected chi connectivity index (χ3v) is 6.95. The molecule has 0 bridgehead atoms. The fourth-order valence-corrected chi connectivity index (χ4v) is 5.30. The molecular weight excluding hydrogens is 418 g/mol. The van der Waals surface area contributed by atoms with Crippen molar-refractivity contribution in [2.24, 2.45) is 0 Å². The number of anilines is 1. The van der Waals surface area contributed by atoms with Crippen molar-refractivity contribution in [2.75, 3.05) is 18.1 Å². The Kier molecular flexibility index (Phi) is 5.18. The number of carbonyl (C=O) groups excluding carboxylic acids is 2. The molecule has 5 rings (SSSR count). The third-order valence-electron chi connectivity index (χ3n) is 5.18. The molecule has 3 aromatic rings. The number of amides is 1. The van der Waals surface area contributed by atoms with Gasteiger partial charge in [0.2, 0.25) is 5.12 Å². The number of rotatable bonds is 5. The van der Waals surface area contributed by atoms with Gasteiger partial charge in [0.15, 0.2) is 5.13 Å². The van der Waals surface area contributed by atoms with Gasteiger partial charge in [-0.25, -0.2) is 4.98 Å². The molecule has 0 spiro atoms. The van der Waals surface area contributed by atoms with Crippen LogP contribution in [0.4, 0.5) is 9.93 Å². The number of hydrogen-bond acceptors (Lipinski definition) is 7. The number of benzene rings is 2. The molecule has 6 nitrogen and oxygen atoms in total. The highest BCUT2D eigenvalue weighted by atomic mass is 32.2. The maximum absolute atomic E-state index is 11.7. The first-order valence-electron chi connectivity index (χ1n) is 9.76. The Morgan fingerprint density at radius 1 is 1.17 bits per heavy atom. The van der Waals surface area contributed by atoms with E-state index in [2.05, 4.69) is 22.3 Å². The Labute approximate surface area is 181 Å². The zero-order valence-electron chi connectivity index (χ0n) is 16.0. The lowest BCUT2D eigenvalue weighted by molar-refractivity contribution is -0.107. The van der Waals surface area contributed by atoms with Crippen LogP contribution in [0.3, 0.4) is 0 Å². The minimum atomic E-state index is -0.333. The molecule has 0 saturated carbocycles. The van der Waals surface area contributed by atoms with Crippen LogP contribution < -0.4 is 15.0 Å². The molecule has 0 unspecified atom stereocenters. The lowest BCUT2D eigenvalue weighted by atomic mass is 10.2. The van der Waals surface area contributed by atoms with Crippen molar-refractivity contribution < 1.29 is 14.3 Å². The van der Waals surface area contributed by atoms with E-state index in [9.17, 15) is 9.59 Å². The van der Waals surface area contributed by atoms with Crippen LogP contribution >= 0.6 is 23.1 Å². The number of thiazole rings is 1. The first kappa shape index (κ1) is 19.1. The molecule has 1 amide bonds. The van der Waals surface area contributed by atoms with Crippen LogP contribution in [-0.2, 0) is 4.79 Å². The van der Waals surface area contributed by atoms with E-state index >= 15 is 0 Å². The topological polar surface area (TPSA) is 71.5 Å². The fourth-order valence-electron chi connectivity index (χ4n) is 3.68. The minimum absolute atomic E-state index is 0.253. The van der Waals surface area contributed by atoms with E-state index in [0.717, 1.165) is 41.3 Å². The van der Waals surface area contributed by atoms with Crippen molar-refractivity contribution in [3.05, 3.63) is 59.8 Å². The lowest BCUT2D eigenvalue weighted by Crippen LogP contribution is -2.34. The molecule has 8 heteroatoms. The van der Waals surface area contributed by atoms with Crippen molar-refractivity contribution in [3.8, 4) is 5.75 Å².